The second-order valence-corrected chi connectivity index (χ2v) is 4.95. The van der Waals surface area contributed by atoms with E-state index in [2.05, 4.69) is 39.3 Å². The molecule has 0 saturated heterocycles. The first-order valence-corrected chi connectivity index (χ1v) is 6.67. The third-order valence-corrected chi connectivity index (χ3v) is 2.84. The molecule has 0 rings (SSSR count). The van der Waals surface area contributed by atoms with Gasteiger partial charge in [0, 0.05) is 5.03 Å². The maximum atomic E-state index is 6.00. The Kier molecular flexibility index (Phi) is 8.42. The van der Waals surface area contributed by atoms with Crippen molar-refractivity contribution in [3.05, 3.63) is 84.2 Å². The summed E-state index contributed by atoms with van der Waals surface area (Å²) >= 11 is 6.00. The van der Waals surface area contributed by atoms with Crippen LogP contribution in [0.1, 0.15) is 13.8 Å². The molecule has 20 heavy (non-hydrogen) atoms. The minimum absolute atomic E-state index is 0.172. The van der Waals surface area contributed by atoms with Crippen molar-refractivity contribution in [2.45, 2.75) is 13.8 Å². The molecule has 0 N–H and O–H groups in total. The molecule has 0 radical (unpaired) electrons. The Bertz CT molecular complexity index is 490. The van der Waals surface area contributed by atoms with Crippen LogP contribution in [0.5, 0.6) is 0 Å². The number of methoxy groups -OCH3 is 1. The summed E-state index contributed by atoms with van der Waals surface area (Å²) < 4.78 is 4.98. The van der Waals surface area contributed by atoms with Crippen molar-refractivity contribution in [2.75, 3.05) is 7.11 Å². The summed E-state index contributed by atoms with van der Waals surface area (Å²) in [5.41, 5.74) is 2.84. The molecule has 0 aliphatic rings. The van der Waals surface area contributed by atoms with E-state index in [9.17, 15) is 0 Å². The Hall–Kier alpha value is -1.73. The standard InChI is InChI=1S/C18H23ClO/c1-8-17(13(2)3)11-14(4)12-18(16(6)19)10-9-15(5)20-7/h8-12,14H,1-2,5-6H2,3-4,7H3/b10-9+,17-11+,18-12+. The third-order valence-electron chi connectivity index (χ3n) is 2.62. The lowest BCUT2D eigenvalue weighted by molar-refractivity contribution is 0.309. The van der Waals surface area contributed by atoms with Crippen LogP contribution in [0.4, 0.5) is 0 Å². The molecular weight excluding hydrogens is 268 g/mol. The molecule has 0 heterocycles. The topological polar surface area (TPSA) is 9.23 Å². The molecule has 1 atom stereocenters. The molecule has 0 aliphatic carbocycles. The minimum Gasteiger partial charge on any atom is -0.497 e. The Morgan fingerprint density at radius 1 is 1.10 bits per heavy atom. The second-order valence-electron chi connectivity index (χ2n) is 4.50. The van der Waals surface area contributed by atoms with E-state index in [-0.39, 0.29) is 5.92 Å². The first kappa shape index (κ1) is 18.3. The van der Waals surface area contributed by atoms with E-state index in [1.807, 2.05) is 19.1 Å². The molecule has 1 unspecified atom stereocenters. The lowest BCUT2D eigenvalue weighted by Crippen LogP contribution is -1.91. The van der Waals surface area contributed by atoms with Gasteiger partial charge in [-0.25, -0.2) is 0 Å². The van der Waals surface area contributed by atoms with Gasteiger partial charge in [-0.3, -0.25) is 0 Å². The van der Waals surface area contributed by atoms with Gasteiger partial charge >= 0.3 is 0 Å². The number of allylic oxidation sites excluding steroid dienone is 9. The molecule has 0 saturated carbocycles. The number of hydrogen-bond donors (Lipinski definition) is 0. The largest absolute Gasteiger partial charge is 0.497 e. The van der Waals surface area contributed by atoms with Crippen molar-refractivity contribution in [1.29, 1.82) is 0 Å². The summed E-state index contributed by atoms with van der Waals surface area (Å²) in [6.45, 7) is 19.2. The fraction of sp³-hybridized carbons (Fsp3) is 0.222. The molecule has 108 valence electrons. The normalized spacial score (nSPS) is 14.0. The van der Waals surface area contributed by atoms with Crippen LogP contribution in [0.15, 0.2) is 84.2 Å². The molecule has 0 bridgehead atoms. The van der Waals surface area contributed by atoms with Crippen LogP contribution in [0.2, 0.25) is 0 Å². The maximum absolute atomic E-state index is 6.00. The first-order chi connectivity index (χ1) is 9.31. The van der Waals surface area contributed by atoms with Crippen LogP contribution >= 0.6 is 11.6 Å². The average molecular weight is 291 g/mol. The van der Waals surface area contributed by atoms with Gasteiger partial charge in [-0.05, 0) is 30.1 Å². The van der Waals surface area contributed by atoms with Crippen molar-refractivity contribution in [2.24, 2.45) is 5.92 Å². The highest BCUT2D eigenvalue weighted by atomic mass is 35.5. The summed E-state index contributed by atoms with van der Waals surface area (Å²) in [6.07, 6.45) is 9.47. The summed E-state index contributed by atoms with van der Waals surface area (Å²) in [5, 5.41) is 0.473. The van der Waals surface area contributed by atoms with Crippen molar-refractivity contribution in [3.63, 3.8) is 0 Å². The number of hydrogen-bond acceptors (Lipinski definition) is 1. The summed E-state index contributed by atoms with van der Waals surface area (Å²) in [6, 6.07) is 0. The molecule has 0 spiro atoms. The van der Waals surface area contributed by atoms with Gasteiger partial charge in [-0.15, -0.1) is 0 Å². The predicted octanol–water partition coefficient (Wildman–Crippen LogP) is 5.71. The zero-order valence-electron chi connectivity index (χ0n) is 12.6. The van der Waals surface area contributed by atoms with Crippen molar-refractivity contribution in [3.8, 4) is 0 Å². The molecule has 0 aliphatic heterocycles. The van der Waals surface area contributed by atoms with Crippen LogP contribution < -0.4 is 0 Å². The van der Waals surface area contributed by atoms with E-state index in [1.165, 1.54) is 0 Å². The van der Waals surface area contributed by atoms with E-state index in [1.54, 1.807) is 19.3 Å². The van der Waals surface area contributed by atoms with Crippen LogP contribution in [0.25, 0.3) is 0 Å². The zero-order valence-corrected chi connectivity index (χ0v) is 13.3. The van der Waals surface area contributed by atoms with Crippen LogP contribution in [0.3, 0.4) is 0 Å². The van der Waals surface area contributed by atoms with E-state index >= 15 is 0 Å². The predicted molar refractivity (Wildman–Crippen MR) is 90.6 cm³/mol. The lowest BCUT2D eigenvalue weighted by Gasteiger charge is -2.07. The number of halogens is 1. The SMILES string of the molecule is C=C/C(=C\C(C)/C=C(\C=C\C(=C)OC)C(=C)Cl)C(=C)C. The maximum Gasteiger partial charge on any atom is 0.111 e. The van der Waals surface area contributed by atoms with Crippen molar-refractivity contribution in [1.82, 2.24) is 0 Å². The van der Waals surface area contributed by atoms with Crippen LogP contribution in [-0.4, -0.2) is 7.11 Å². The highest BCUT2D eigenvalue weighted by molar-refractivity contribution is 6.31. The molecule has 1 nitrogen and oxygen atoms in total. The first-order valence-electron chi connectivity index (χ1n) is 6.29. The highest BCUT2D eigenvalue weighted by Gasteiger charge is 2.02. The summed E-state index contributed by atoms with van der Waals surface area (Å²) in [5.74, 6) is 0.733. The molecule has 0 aromatic heterocycles. The van der Waals surface area contributed by atoms with Crippen LogP contribution in [0, 0.1) is 5.92 Å². The monoisotopic (exact) mass is 290 g/mol. The molecule has 0 fully saturated rings. The van der Waals surface area contributed by atoms with E-state index in [0.29, 0.717) is 10.8 Å². The average Bonchev–Trinajstić information content (AvgIpc) is 2.39. The lowest BCUT2D eigenvalue weighted by atomic mass is 10.0. The van der Waals surface area contributed by atoms with E-state index in [0.717, 1.165) is 16.7 Å². The third kappa shape index (κ3) is 7.01. The Labute approximate surface area is 128 Å². The molecule has 2 heteroatoms. The van der Waals surface area contributed by atoms with Gasteiger partial charge in [0.1, 0.15) is 5.76 Å². The van der Waals surface area contributed by atoms with Gasteiger partial charge in [0.2, 0.25) is 0 Å². The zero-order chi connectivity index (χ0) is 15.7. The second kappa shape index (κ2) is 9.22. The van der Waals surface area contributed by atoms with E-state index in [4.69, 9.17) is 16.3 Å². The molecule has 0 amide bonds. The Morgan fingerprint density at radius 3 is 2.05 bits per heavy atom. The number of ether oxygens (including phenoxy) is 1. The van der Waals surface area contributed by atoms with E-state index < -0.39 is 0 Å². The molecular formula is C18H23ClO. The van der Waals surface area contributed by atoms with Gasteiger partial charge in [0.15, 0.2) is 0 Å². The van der Waals surface area contributed by atoms with Gasteiger partial charge in [-0.1, -0.05) is 74.7 Å². The quantitative estimate of drug-likeness (QED) is 0.411. The Morgan fingerprint density at radius 2 is 1.65 bits per heavy atom. The van der Waals surface area contributed by atoms with Crippen LogP contribution in [-0.2, 0) is 4.74 Å². The number of rotatable bonds is 8. The van der Waals surface area contributed by atoms with Gasteiger partial charge in [-0.2, -0.15) is 0 Å². The van der Waals surface area contributed by atoms with Crippen molar-refractivity contribution < 1.29 is 4.74 Å². The summed E-state index contributed by atoms with van der Waals surface area (Å²) in [4.78, 5) is 0. The van der Waals surface area contributed by atoms with Gasteiger partial charge in [0.05, 0.1) is 7.11 Å². The minimum atomic E-state index is 0.172. The summed E-state index contributed by atoms with van der Waals surface area (Å²) in [7, 11) is 1.57. The van der Waals surface area contributed by atoms with Crippen molar-refractivity contribution >= 4 is 11.6 Å². The Balaban J connectivity index is 5.25. The fourth-order valence-corrected chi connectivity index (χ4v) is 1.61. The van der Waals surface area contributed by atoms with Gasteiger partial charge in [0.25, 0.3) is 0 Å². The fourth-order valence-electron chi connectivity index (χ4n) is 1.49. The van der Waals surface area contributed by atoms with Gasteiger partial charge < -0.3 is 4.74 Å². The highest BCUT2D eigenvalue weighted by Crippen LogP contribution is 2.20. The molecule has 0 aromatic carbocycles. The smallest absolute Gasteiger partial charge is 0.111 e. The molecule has 0 aromatic rings.